The Morgan fingerprint density at radius 2 is 2.24 bits per heavy atom. The molecule has 7 nitrogen and oxygen atoms in total. The second kappa shape index (κ2) is 6.84. The van der Waals surface area contributed by atoms with Crippen LogP contribution in [0.3, 0.4) is 0 Å². The first-order valence-electron chi connectivity index (χ1n) is 7.12. The van der Waals surface area contributed by atoms with Gasteiger partial charge in [0, 0.05) is 19.5 Å². The summed E-state index contributed by atoms with van der Waals surface area (Å²) in [5.74, 6) is -1.26. The van der Waals surface area contributed by atoms with E-state index >= 15 is 0 Å². The quantitative estimate of drug-likeness (QED) is 0.887. The summed E-state index contributed by atoms with van der Waals surface area (Å²) in [6.45, 7) is 4.77. The van der Waals surface area contributed by atoms with Gasteiger partial charge < -0.3 is 10.0 Å². The van der Waals surface area contributed by atoms with Gasteiger partial charge in [-0.3, -0.25) is 10.1 Å². The van der Waals surface area contributed by atoms with Gasteiger partial charge >= 0.3 is 12.0 Å². The maximum absolute atomic E-state index is 12.2. The number of aryl methyl sites for hydroxylation is 1. The lowest BCUT2D eigenvalue weighted by atomic mass is 9.87. The lowest BCUT2D eigenvalue weighted by molar-refractivity contribution is -0.145. The molecule has 0 aliphatic carbocycles. The molecule has 2 N–H and O–H groups in total. The molecule has 8 heteroatoms. The number of hydrogen-bond acceptors (Lipinski definition) is 5. The van der Waals surface area contributed by atoms with Crippen LogP contribution in [0, 0.1) is 11.8 Å². The molecular formula is C13H20N4O3S. The summed E-state index contributed by atoms with van der Waals surface area (Å²) >= 11 is 1.36. The van der Waals surface area contributed by atoms with Crippen molar-refractivity contribution in [2.24, 2.45) is 11.8 Å². The molecule has 0 spiro atoms. The van der Waals surface area contributed by atoms with Gasteiger partial charge in [-0.25, -0.2) is 4.79 Å². The topological polar surface area (TPSA) is 95.4 Å². The number of piperidine rings is 1. The van der Waals surface area contributed by atoms with E-state index in [9.17, 15) is 14.7 Å². The number of carbonyl (C=O) groups excluding carboxylic acids is 1. The van der Waals surface area contributed by atoms with E-state index in [4.69, 9.17) is 0 Å². The number of aromatic nitrogens is 2. The standard InChI is InChI=1S/C13H20N4O3S/c1-3-4-10-15-16-12(21-10)14-13(20)17-6-5-8(2)9(7-17)11(18)19/h8-9H,3-7H2,1-2H3,(H,18,19)(H,14,16,20). The van der Waals surface area contributed by atoms with Crippen LogP contribution in [-0.4, -0.2) is 45.3 Å². The lowest BCUT2D eigenvalue weighted by Crippen LogP contribution is -2.47. The van der Waals surface area contributed by atoms with E-state index in [0.29, 0.717) is 18.1 Å². The number of likely N-dealkylation sites (tertiary alicyclic amines) is 1. The van der Waals surface area contributed by atoms with Crippen LogP contribution in [0.25, 0.3) is 0 Å². The number of urea groups is 1. The largest absolute Gasteiger partial charge is 0.481 e. The molecule has 1 aromatic heterocycles. The van der Waals surface area contributed by atoms with Crippen LogP contribution < -0.4 is 5.32 Å². The van der Waals surface area contributed by atoms with Crippen LogP contribution in [0.5, 0.6) is 0 Å². The maximum atomic E-state index is 12.2. The Labute approximate surface area is 127 Å². The highest BCUT2D eigenvalue weighted by Crippen LogP contribution is 2.24. The highest BCUT2D eigenvalue weighted by Gasteiger charge is 2.33. The van der Waals surface area contributed by atoms with Gasteiger partial charge in [0.1, 0.15) is 5.01 Å². The zero-order valence-electron chi connectivity index (χ0n) is 12.2. The van der Waals surface area contributed by atoms with E-state index in [1.165, 1.54) is 11.3 Å². The molecule has 21 heavy (non-hydrogen) atoms. The molecule has 2 atom stereocenters. The highest BCUT2D eigenvalue weighted by molar-refractivity contribution is 7.15. The van der Waals surface area contributed by atoms with Crippen molar-refractivity contribution in [2.75, 3.05) is 18.4 Å². The fourth-order valence-electron chi connectivity index (χ4n) is 2.36. The molecule has 1 saturated heterocycles. The van der Waals surface area contributed by atoms with Crippen LogP contribution >= 0.6 is 11.3 Å². The summed E-state index contributed by atoms with van der Waals surface area (Å²) in [7, 11) is 0. The van der Waals surface area contributed by atoms with Gasteiger partial charge in [0.2, 0.25) is 5.13 Å². The number of hydrogen-bond donors (Lipinski definition) is 2. The fraction of sp³-hybridized carbons (Fsp3) is 0.692. The first-order valence-corrected chi connectivity index (χ1v) is 7.94. The maximum Gasteiger partial charge on any atom is 0.323 e. The molecule has 1 aromatic rings. The number of amides is 2. The van der Waals surface area contributed by atoms with Crippen molar-refractivity contribution in [1.29, 1.82) is 0 Å². The third-order valence-corrected chi connectivity index (χ3v) is 4.61. The smallest absolute Gasteiger partial charge is 0.323 e. The van der Waals surface area contributed by atoms with E-state index < -0.39 is 11.9 Å². The normalized spacial score (nSPS) is 22.1. The Hall–Kier alpha value is -1.70. The van der Waals surface area contributed by atoms with E-state index in [-0.39, 0.29) is 18.5 Å². The first-order chi connectivity index (χ1) is 10.0. The summed E-state index contributed by atoms with van der Waals surface area (Å²) in [5, 5.41) is 21.2. The van der Waals surface area contributed by atoms with Gasteiger partial charge in [-0.05, 0) is 18.8 Å². The fourth-order valence-corrected chi connectivity index (χ4v) is 3.20. The van der Waals surface area contributed by atoms with Gasteiger partial charge in [0.05, 0.1) is 5.92 Å². The average molecular weight is 312 g/mol. The zero-order chi connectivity index (χ0) is 15.4. The van der Waals surface area contributed by atoms with Crippen LogP contribution in [0.15, 0.2) is 0 Å². The average Bonchev–Trinajstić information content (AvgIpc) is 2.86. The van der Waals surface area contributed by atoms with Crippen molar-refractivity contribution < 1.29 is 14.7 Å². The van der Waals surface area contributed by atoms with Gasteiger partial charge in [-0.1, -0.05) is 25.2 Å². The minimum Gasteiger partial charge on any atom is -0.481 e. The summed E-state index contributed by atoms with van der Waals surface area (Å²) in [5.41, 5.74) is 0. The number of rotatable bonds is 4. The highest BCUT2D eigenvalue weighted by atomic mass is 32.1. The van der Waals surface area contributed by atoms with E-state index in [1.54, 1.807) is 4.90 Å². The monoisotopic (exact) mass is 312 g/mol. The Morgan fingerprint density at radius 3 is 2.90 bits per heavy atom. The van der Waals surface area contributed by atoms with Crippen molar-refractivity contribution in [2.45, 2.75) is 33.1 Å². The number of carboxylic acids is 1. The van der Waals surface area contributed by atoms with Crippen molar-refractivity contribution in [1.82, 2.24) is 15.1 Å². The molecule has 2 amide bonds. The summed E-state index contributed by atoms with van der Waals surface area (Å²) in [6.07, 6.45) is 2.52. The zero-order valence-corrected chi connectivity index (χ0v) is 13.0. The number of nitrogens with zero attached hydrogens (tertiary/aromatic N) is 3. The second-order valence-corrected chi connectivity index (χ2v) is 6.40. The van der Waals surface area contributed by atoms with Crippen molar-refractivity contribution in [3.8, 4) is 0 Å². The summed E-state index contributed by atoms with van der Waals surface area (Å²) in [6, 6.07) is -0.299. The lowest BCUT2D eigenvalue weighted by Gasteiger charge is -2.34. The minimum absolute atomic E-state index is 0.0873. The molecule has 0 saturated carbocycles. The van der Waals surface area contributed by atoms with Crippen molar-refractivity contribution >= 4 is 28.5 Å². The molecule has 2 rings (SSSR count). The minimum atomic E-state index is -0.846. The number of anilines is 1. The number of carbonyl (C=O) groups is 2. The molecule has 2 heterocycles. The third kappa shape index (κ3) is 3.90. The van der Waals surface area contributed by atoms with Gasteiger partial charge in [0.15, 0.2) is 0 Å². The molecule has 1 aliphatic heterocycles. The summed E-state index contributed by atoms with van der Waals surface area (Å²) < 4.78 is 0. The van der Waals surface area contributed by atoms with E-state index in [2.05, 4.69) is 22.4 Å². The Bertz CT molecular complexity index is 519. The summed E-state index contributed by atoms with van der Waals surface area (Å²) in [4.78, 5) is 24.9. The van der Waals surface area contributed by atoms with Gasteiger partial charge in [-0.15, -0.1) is 10.2 Å². The molecule has 0 bridgehead atoms. The van der Waals surface area contributed by atoms with Crippen LogP contribution in [0.2, 0.25) is 0 Å². The Morgan fingerprint density at radius 1 is 1.48 bits per heavy atom. The van der Waals surface area contributed by atoms with E-state index in [0.717, 1.165) is 17.8 Å². The number of nitrogens with one attached hydrogen (secondary N) is 1. The Kier molecular flexibility index (Phi) is 5.11. The van der Waals surface area contributed by atoms with Crippen LogP contribution in [-0.2, 0) is 11.2 Å². The number of carboxylic acid groups (broad SMARTS) is 1. The van der Waals surface area contributed by atoms with Crippen LogP contribution in [0.4, 0.5) is 9.93 Å². The first kappa shape index (κ1) is 15.7. The van der Waals surface area contributed by atoms with Crippen molar-refractivity contribution in [3.05, 3.63) is 5.01 Å². The van der Waals surface area contributed by atoms with Gasteiger partial charge in [-0.2, -0.15) is 0 Å². The second-order valence-electron chi connectivity index (χ2n) is 5.34. The van der Waals surface area contributed by atoms with Crippen LogP contribution in [0.1, 0.15) is 31.7 Å². The molecule has 1 aliphatic rings. The Balaban J connectivity index is 1.94. The number of aliphatic carboxylic acids is 1. The predicted molar refractivity (Wildman–Crippen MR) is 79.4 cm³/mol. The van der Waals surface area contributed by atoms with Crippen molar-refractivity contribution in [3.63, 3.8) is 0 Å². The third-order valence-electron chi connectivity index (χ3n) is 3.71. The predicted octanol–water partition coefficient (Wildman–Crippen LogP) is 2.07. The molecule has 0 aromatic carbocycles. The molecule has 1 fully saturated rings. The molecule has 2 unspecified atom stereocenters. The molecular weight excluding hydrogens is 292 g/mol. The van der Waals surface area contributed by atoms with Gasteiger partial charge in [0.25, 0.3) is 0 Å². The molecule has 116 valence electrons. The van der Waals surface area contributed by atoms with E-state index in [1.807, 2.05) is 6.92 Å². The SMILES string of the molecule is CCCc1nnc(NC(=O)N2CCC(C)C(C(=O)O)C2)s1. The molecule has 0 radical (unpaired) electrons.